The number of benzene rings is 1. The van der Waals surface area contributed by atoms with Crippen molar-refractivity contribution in [1.29, 1.82) is 0 Å². The van der Waals surface area contributed by atoms with Crippen molar-refractivity contribution in [2.45, 2.75) is 6.92 Å². The largest absolute Gasteiger partial charge is 0.354 e. The van der Waals surface area contributed by atoms with Gasteiger partial charge in [-0.25, -0.2) is 4.98 Å². The van der Waals surface area contributed by atoms with Gasteiger partial charge >= 0.3 is 0 Å². The standard InChI is InChI=1S/C18H21BrN4O/c1-2-22-9-11-23(12-10-22)17-8-7-14(13-20-17)21-18(24)15-5-3-4-6-16(15)19/h3-8,13H,2,9-12H2,1H3,(H,21,24). The lowest BCUT2D eigenvalue weighted by Gasteiger charge is -2.34. The molecule has 0 radical (unpaired) electrons. The second-order valence-electron chi connectivity index (χ2n) is 5.76. The van der Waals surface area contributed by atoms with Crippen LogP contribution in [0.2, 0.25) is 0 Å². The van der Waals surface area contributed by atoms with Crippen LogP contribution >= 0.6 is 15.9 Å². The molecule has 6 heteroatoms. The number of carbonyl (C=O) groups is 1. The van der Waals surface area contributed by atoms with Gasteiger partial charge in [0, 0.05) is 30.7 Å². The lowest BCUT2D eigenvalue weighted by molar-refractivity contribution is 0.102. The van der Waals surface area contributed by atoms with Crippen LogP contribution in [0.25, 0.3) is 0 Å². The molecule has 1 N–H and O–H groups in total. The molecule has 1 aromatic heterocycles. The lowest BCUT2D eigenvalue weighted by atomic mass is 10.2. The summed E-state index contributed by atoms with van der Waals surface area (Å²) >= 11 is 3.40. The van der Waals surface area contributed by atoms with Gasteiger partial charge in [-0.15, -0.1) is 0 Å². The number of carbonyl (C=O) groups excluding carboxylic acids is 1. The second kappa shape index (κ2) is 7.77. The van der Waals surface area contributed by atoms with Crippen LogP contribution in [-0.2, 0) is 0 Å². The Bertz CT molecular complexity index is 696. The van der Waals surface area contributed by atoms with Crippen LogP contribution in [0.5, 0.6) is 0 Å². The summed E-state index contributed by atoms with van der Waals surface area (Å²) in [7, 11) is 0. The molecule has 1 aliphatic heterocycles. The lowest BCUT2D eigenvalue weighted by Crippen LogP contribution is -2.46. The molecule has 1 fully saturated rings. The van der Waals surface area contributed by atoms with Gasteiger partial charge in [-0.2, -0.15) is 0 Å². The highest BCUT2D eigenvalue weighted by Crippen LogP contribution is 2.19. The van der Waals surface area contributed by atoms with E-state index in [1.807, 2.05) is 30.3 Å². The fraction of sp³-hybridized carbons (Fsp3) is 0.333. The summed E-state index contributed by atoms with van der Waals surface area (Å²) in [6.45, 7) is 7.40. The summed E-state index contributed by atoms with van der Waals surface area (Å²) < 4.78 is 0.779. The molecule has 0 unspecified atom stereocenters. The molecule has 3 rings (SSSR count). The van der Waals surface area contributed by atoms with E-state index in [9.17, 15) is 4.79 Å². The van der Waals surface area contributed by atoms with Crippen molar-refractivity contribution in [1.82, 2.24) is 9.88 Å². The number of piperazine rings is 1. The summed E-state index contributed by atoms with van der Waals surface area (Å²) in [6, 6.07) is 11.2. The average Bonchev–Trinajstić information content (AvgIpc) is 2.63. The highest BCUT2D eigenvalue weighted by atomic mass is 79.9. The Balaban J connectivity index is 1.63. The second-order valence-corrected chi connectivity index (χ2v) is 6.61. The smallest absolute Gasteiger partial charge is 0.256 e. The summed E-state index contributed by atoms with van der Waals surface area (Å²) in [6.07, 6.45) is 1.72. The number of likely N-dealkylation sites (N-methyl/N-ethyl adjacent to an activating group) is 1. The maximum Gasteiger partial charge on any atom is 0.256 e. The number of nitrogens with one attached hydrogen (secondary N) is 1. The number of hydrogen-bond acceptors (Lipinski definition) is 4. The third-order valence-corrected chi connectivity index (χ3v) is 4.96. The number of pyridine rings is 1. The van der Waals surface area contributed by atoms with Crippen molar-refractivity contribution in [3.63, 3.8) is 0 Å². The molecule has 2 aromatic rings. The Labute approximate surface area is 150 Å². The molecule has 0 spiro atoms. The molecule has 1 amide bonds. The molecule has 2 heterocycles. The van der Waals surface area contributed by atoms with E-state index in [0.717, 1.165) is 43.0 Å². The van der Waals surface area contributed by atoms with E-state index >= 15 is 0 Å². The molecule has 126 valence electrons. The maximum atomic E-state index is 12.3. The van der Waals surface area contributed by atoms with Gasteiger partial charge in [0.05, 0.1) is 17.4 Å². The van der Waals surface area contributed by atoms with Crippen LogP contribution < -0.4 is 10.2 Å². The first-order chi connectivity index (χ1) is 11.7. The molecular weight excluding hydrogens is 368 g/mol. The first-order valence-corrected chi connectivity index (χ1v) is 8.96. The highest BCUT2D eigenvalue weighted by Gasteiger charge is 2.17. The summed E-state index contributed by atoms with van der Waals surface area (Å²) in [4.78, 5) is 21.5. The van der Waals surface area contributed by atoms with Crippen LogP contribution in [0.4, 0.5) is 11.5 Å². The van der Waals surface area contributed by atoms with Gasteiger partial charge < -0.3 is 15.1 Å². The van der Waals surface area contributed by atoms with Gasteiger partial charge in [-0.3, -0.25) is 4.79 Å². The minimum Gasteiger partial charge on any atom is -0.354 e. The molecule has 0 saturated carbocycles. The van der Waals surface area contributed by atoms with E-state index in [1.54, 1.807) is 12.3 Å². The Morgan fingerprint density at radius 3 is 2.54 bits per heavy atom. The highest BCUT2D eigenvalue weighted by molar-refractivity contribution is 9.10. The first kappa shape index (κ1) is 16.9. The molecule has 0 aliphatic carbocycles. The fourth-order valence-electron chi connectivity index (χ4n) is 2.78. The van der Waals surface area contributed by atoms with E-state index in [2.05, 4.69) is 43.0 Å². The maximum absolute atomic E-state index is 12.3. The molecule has 1 aromatic carbocycles. The topological polar surface area (TPSA) is 48.5 Å². The zero-order valence-electron chi connectivity index (χ0n) is 13.7. The van der Waals surface area contributed by atoms with Crippen molar-refractivity contribution in [3.05, 3.63) is 52.6 Å². The summed E-state index contributed by atoms with van der Waals surface area (Å²) in [5.74, 6) is 0.818. The number of amides is 1. The summed E-state index contributed by atoms with van der Waals surface area (Å²) in [5, 5.41) is 2.89. The van der Waals surface area contributed by atoms with Gasteiger partial charge in [0.25, 0.3) is 5.91 Å². The minimum absolute atomic E-state index is 0.145. The Hall–Kier alpha value is -1.92. The van der Waals surface area contributed by atoms with E-state index < -0.39 is 0 Å². The molecule has 1 saturated heterocycles. The number of hydrogen-bond donors (Lipinski definition) is 1. The zero-order chi connectivity index (χ0) is 16.9. The Kier molecular flexibility index (Phi) is 5.48. The van der Waals surface area contributed by atoms with Crippen LogP contribution in [0.3, 0.4) is 0 Å². The van der Waals surface area contributed by atoms with Crippen LogP contribution in [-0.4, -0.2) is 48.5 Å². The monoisotopic (exact) mass is 388 g/mol. The van der Waals surface area contributed by atoms with Gasteiger partial charge in [0.2, 0.25) is 0 Å². The molecule has 24 heavy (non-hydrogen) atoms. The van der Waals surface area contributed by atoms with Crippen molar-refractivity contribution in [2.75, 3.05) is 42.9 Å². The number of nitrogens with zero attached hydrogens (tertiary/aromatic N) is 3. The van der Waals surface area contributed by atoms with E-state index in [0.29, 0.717) is 11.3 Å². The Morgan fingerprint density at radius 2 is 1.92 bits per heavy atom. The number of halogens is 1. The molecule has 0 bridgehead atoms. The third kappa shape index (κ3) is 3.94. The predicted molar refractivity (Wildman–Crippen MR) is 101 cm³/mol. The van der Waals surface area contributed by atoms with Crippen molar-refractivity contribution in [3.8, 4) is 0 Å². The Morgan fingerprint density at radius 1 is 1.17 bits per heavy atom. The van der Waals surface area contributed by atoms with Crippen LogP contribution in [0.1, 0.15) is 17.3 Å². The third-order valence-electron chi connectivity index (χ3n) is 4.27. The van der Waals surface area contributed by atoms with Crippen molar-refractivity contribution < 1.29 is 4.79 Å². The zero-order valence-corrected chi connectivity index (χ0v) is 15.3. The normalized spacial score (nSPS) is 15.3. The van der Waals surface area contributed by atoms with Crippen LogP contribution in [0.15, 0.2) is 47.1 Å². The molecule has 1 aliphatic rings. The quantitative estimate of drug-likeness (QED) is 0.873. The van der Waals surface area contributed by atoms with Crippen molar-refractivity contribution >= 4 is 33.3 Å². The van der Waals surface area contributed by atoms with Gasteiger partial charge in [0.15, 0.2) is 0 Å². The van der Waals surface area contributed by atoms with Crippen molar-refractivity contribution in [2.24, 2.45) is 0 Å². The van der Waals surface area contributed by atoms with E-state index in [1.165, 1.54) is 0 Å². The SMILES string of the molecule is CCN1CCN(c2ccc(NC(=O)c3ccccc3Br)cn2)CC1. The van der Waals surface area contributed by atoms with E-state index in [4.69, 9.17) is 0 Å². The summed E-state index contributed by atoms with van der Waals surface area (Å²) in [5.41, 5.74) is 1.31. The van der Waals surface area contributed by atoms with Gasteiger partial charge in [-0.05, 0) is 46.7 Å². The number of rotatable bonds is 4. The molecular formula is C18H21BrN4O. The first-order valence-electron chi connectivity index (χ1n) is 8.16. The fourth-order valence-corrected chi connectivity index (χ4v) is 3.25. The van der Waals surface area contributed by atoms with Gasteiger partial charge in [0.1, 0.15) is 5.82 Å². The number of aromatic nitrogens is 1. The predicted octanol–water partition coefficient (Wildman–Crippen LogP) is 3.24. The average molecular weight is 389 g/mol. The minimum atomic E-state index is -0.145. The van der Waals surface area contributed by atoms with E-state index in [-0.39, 0.29) is 5.91 Å². The molecule has 0 atom stereocenters. The number of anilines is 2. The van der Waals surface area contributed by atoms with Gasteiger partial charge in [-0.1, -0.05) is 19.1 Å². The van der Waals surface area contributed by atoms with Crippen LogP contribution in [0, 0.1) is 0 Å². The molecule has 5 nitrogen and oxygen atoms in total.